The molecule has 3 rings (SSSR count). The van der Waals surface area contributed by atoms with Gasteiger partial charge in [-0.05, 0) is 31.5 Å². The highest BCUT2D eigenvalue weighted by atomic mass is 35.5. The van der Waals surface area contributed by atoms with Crippen LogP contribution in [0.2, 0.25) is 5.02 Å². The van der Waals surface area contributed by atoms with Crippen LogP contribution in [0.15, 0.2) is 29.3 Å². The highest BCUT2D eigenvalue weighted by Crippen LogP contribution is 2.17. The minimum atomic E-state index is 0.109. The highest BCUT2D eigenvalue weighted by Gasteiger charge is 2.25. The van der Waals surface area contributed by atoms with Crippen LogP contribution in [0.1, 0.15) is 21.1 Å². The van der Waals surface area contributed by atoms with Crippen molar-refractivity contribution in [3.05, 3.63) is 50.4 Å². The Morgan fingerprint density at radius 2 is 2.04 bits per heavy atom. The van der Waals surface area contributed by atoms with Crippen molar-refractivity contribution in [3.8, 4) is 0 Å². The summed E-state index contributed by atoms with van der Waals surface area (Å²) in [5.41, 5.74) is 2.19. The lowest BCUT2D eigenvalue weighted by atomic mass is 10.2. The van der Waals surface area contributed by atoms with Crippen molar-refractivity contribution in [2.45, 2.75) is 26.8 Å². The molecule has 8 heteroatoms. The van der Waals surface area contributed by atoms with E-state index in [0.29, 0.717) is 24.7 Å². The van der Waals surface area contributed by atoms with Gasteiger partial charge in [0.1, 0.15) is 0 Å². The SMILES string of the molecule is CN=C(NCCc1sc(C)nc1C)N1CCN(Cc2ccc(Cl)cc2)C(=O)C1. The molecular weight excluding hydrogens is 394 g/mol. The molecule has 0 spiro atoms. The Morgan fingerprint density at radius 3 is 2.64 bits per heavy atom. The number of aryl methyl sites for hydroxylation is 2. The van der Waals surface area contributed by atoms with Gasteiger partial charge in [0.15, 0.2) is 5.96 Å². The molecule has 1 aliphatic heterocycles. The van der Waals surface area contributed by atoms with Crippen LogP contribution in [0.3, 0.4) is 0 Å². The number of piperazine rings is 1. The summed E-state index contributed by atoms with van der Waals surface area (Å²) in [6, 6.07) is 7.64. The molecule has 1 N–H and O–H groups in total. The maximum Gasteiger partial charge on any atom is 0.242 e. The van der Waals surface area contributed by atoms with Crippen LogP contribution in [-0.4, -0.2) is 59.9 Å². The van der Waals surface area contributed by atoms with Gasteiger partial charge in [-0.25, -0.2) is 4.98 Å². The first kappa shape index (κ1) is 20.6. The van der Waals surface area contributed by atoms with Crippen LogP contribution >= 0.6 is 22.9 Å². The first-order chi connectivity index (χ1) is 13.5. The third-order valence-electron chi connectivity index (χ3n) is 4.75. The minimum absolute atomic E-state index is 0.109. The van der Waals surface area contributed by atoms with Crippen molar-refractivity contribution in [1.82, 2.24) is 20.1 Å². The number of nitrogens with zero attached hydrogens (tertiary/aromatic N) is 4. The van der Waals surface area contributed by atoms with Crippen LogP contribution < -0.4 is 5.32 Å². The lowest BCUT2D eigenvalue weighted by molar-refractivity contribution is -0.135. The molecule has 1 aliphatic rings. The van der Waals surface area contributed by atoms with Crippen LogP contribution in [-0.2, 0) is 17.8 Å². The summed E-state index contributed by atoms with van der Waals surface area (Å²) in [6.45, 7) is 7.24. The van der Waals surface area contributed by atoms with Crippen LogP contribution in [0.5, 0.6) is 0 Å². The predicted molar refractivity (Wildman–Crippen MR) is 115 cm³/mol. The quantitative estimate of drug-likeness (QED) is 0.598. The molecule has 2 heterocycles. The largest absolute Gasteiger partial charge is 0.356 e. The van der Waals surface area contributed by atoms with Gasteiger partial charge in [-0.2, -0.15) is 0 Å². The Labute approximate surface area is 175 Å². The molecular formula is C20H26ClN5OS. The van der Waals surface area contributed by atoms with Gasteiger partial charge in [0.2, 0.25) is 5.91 Å². The fraction of sp³-hybridized carbons (Fsp3) is 0.450. The molecule has 150 valence electrons. The molecule has 0 atom stereocenters. The molecule has 1 fully saturated rings. The fourth-order valence-electron chi connectivity index (χ4n) is 3.29. The van der Waals surface area contributed by atoms with Crippen LogP contribution in [0.25, 0.3) is 0 Å². The van der Waals surface area contributed by atoms with E-state index in [9.17, 15) is 4.79 Å². The third-order valence-corrected chi connectivity index (χ3v) is 6.14. The molecule has 0 saturated carbocycles. The number of nitrogens with one attached hydrogen (secondary N) is 1. The summed E-state index contributed by atoms with van der Waals surface area (Å²) in [5.74, 6) is 0.886. The molecule has 0 radical (unpaired) electrons. The topological polar surface area (TPSA) is 60.8 Å². The second kappa shape index (κ2) is 9.39. The number of aromatic nitrogens is 1. The smallest absolute Gasteiger partial charge is 0.242 e. The standard InChI is InChI=1S/C20H26ClN5OS/c1-14-18(28-15(2)24-14)8-9-23-20(22-3)26-11-10-25(19(27)13-26)12-16-4-6-17(21)7-5-16/h4-7H,8-13H2,1-3H3,(H,22,23). The summed E-state index contributed by atoms with van der Waals surface area (Å²) in [4.78, 5) is 26.6. The molecule has 1 amide bonds. The van der Waals surface area contributed by atoms with Gasteiger partial charge in [0.05, 0.1) is 17.2 Å². The van der Waals surface area contributed by atoms with Gasteiger partial charge in [-0.3, -0.25) is 9.79 Å². The molecule has 1 aromatic heterocycles. The zero-order chi connectivity index (χ0) is 20.1. The Hall–Kier alpha value is -2.12. The fourth-order valence-corrected chi connectivity index (χ4v) is 4.35. The van der Waals surface area contributed by atoms with Crippen molar-refractivity contribution >= 4 is 34.8 Å². The number of amides is 1. The first-order valence-corrected chi connectivity index (χ1v) is 10.6. The minimum Gasteiger partial charge on any atom is -0.356 e. The predicted octanol–water partition coefficient (Wildman–Crippen LogP) is 2.88. The Kier molecular flexibility index (Phi) is 6.91. The van der Waals surface area contributed by atoms with E-state index in [1.165, 1.54) is 4.88 Å². The monoisotopic (exact) mass is 419 g/mol. The Bertz CT molecular complexity index is 849. The van der Waals surface area contributed by atoms with E-state index in [1.54, 1.807) is 18.4 Å². The number of halogens is 1. The molecule has 1 aromatic carbocycles. The number of hydrogen-bond acceptors (Lipinski definition) is 4. The third kappa shape index (κ3) is 5.23. The van der Waals surface area contributed by atoms with Gasteiger partial charge in [-0.15, -0.1) is 11.3 Å². The van der Waals surface area contributed by atoms with E-state index in [4.69, 9.17) is 11.6 Å². The van der Waals surface area contributed by atoms with Crippen LogP contribution in [0.4, 0.5) is 0 Å². The Morgan fingerprint density at radius 1 is 1.29 bits per heavy atom. The zero-order valence-electron chi connectivity index (χ0n) is 16.5. The summed E-state index contributed by atoms with van der Waals surface area (Å²) < 4.78 is 0. The lowest BCUT2D eigenvalue weighted by Crippen LogP contribution is -2.55. The lowest BCUT2D eigenvalue weighted by Gasteiger charge is -2.36. The zero-order valence-corrected chi connectivity index (χ0v) is 18.1. The Balaban J connectivity index is 1.50. The van der Waals surface area contributed by atoms with E-state index in [0.717, 1.165) is 41.7 Å². The van der Waals surface area contributed by atoms with E-state index < -0.39 is 0 Å². The molecule has 0 unspecified atom stereocenters. The first-order valence-electron chi connectivity index (χ1n) is 9.37. The van der Waals surface area contributed by atoms with E-state index in [1.807, 2.05) is 47.9 Å². The van der Waals surface area contributed by atoms with Crippen LogP contribution in [0, 0.1) is 13.8 Å². The van der Waals surface area contributed by atoms with Crippen molar-refractivity contribution in [1.29, 1.82) is 0 Å². The molecule has 2 aromatic rings. The van der Waals surface area contributed by atoms with Gasteiger partial charge < -0.3 is 15.1 Å². The van der Waals surface area contributed by atoms with Gasteiger partial charge in [0.25, 0.3) is 0 Å². The van der Waals surface area contributed by atoms with Crippen molar-refractivity contribution in [2.75, 3.05) is 33.2 Å². The van der Waals surface area contributed by atoms with Gasteiger partial charge in [0, 0.05) is 49.5 Å². The summed E-state index contributed by atoms with van der Waals surface area (Å²) in [7, 11) is 1.76. The van der Waals surface area contributed by atoms with E-state index in [2.05, 4.69) is 15.3 Å². The average Bonchev–Trinajstić information content (AvgIpc) is 2.99. The number of rotatable bonds is 5. The molecule has 28 heavy (non-hydrogen) atoms. The number of aliphatic imine (C=N–C) groups is 1. The maximum absolute atomic E-state index is 12.6. The number of carbonyl (C=O) groups excluding carboxylic acids is 1. The van der Waals surface area contributed by atoms with E-state index >= 15 is 0 Å². The highest BCUT2D eigenvalue weighted by molar-refractivity contribution is 7.11. The molecule has 6 nitrogen and oxygen atoms in total. The van der Waals surface area contributed by atoms with Gasteiger partial charge >= 0.3 is 0 Å². The summed E-state index contributed by atoms with van der Waals surface area (Å²) in [5, 5.41) is 5.19. The maximum atomic E-state index is 12.6. The number of carbonyl (C=O) groups is 1. The van der Waals surface area contributed by atoms with Crippen molar-refractivity contribution in [2.24, 2.45) is 4.99 Å². The number of thiazole rings is 1. The van der Waals surface area contributed by atoms with Crippen molar-refractivity contribution in [3.63, 3.8) is 0 Å². The molecule has 0 bridgehead atoms. The summed E-state index contributed by atoms with van der Waals surface area (Å²) >= 11 is 7.67. The number of hydrogen-bond donors (Lipinski definition) is 1. The second-order valence-corrected chi connectivity index (χ2v) is 8.55. The average molecular weight is 420 g/mol. The van der Waals surface area contributed by atoms with E-state index in [-0.39, 0.29) is 5.91 Å². The molecule has 1 saturated heterocycles. The number of guanidine groups is 1. The van der Waals surface area contributed by atoms with Gasteiger partial charge in [-0.1, -0.05) is 23.7 Å². The number of benzene rings is 1. The molecule has 0 aliphatic carbocycles. The van der Waals surface area contributed by atoms with Crippen molar-refractivity contribution < 1.29 is 4.79 Å². The summed E-state index contributed by atoms with van der Waals surface area (Å²) in [6.07, 6.45) is 0.904. The second-order valence-electron chi connectivity index (χ2n) is 6.83. The normalized spacial score (nSPS) is 15.3.